The van der Waals surface area contributed by atoms with E-state index >= 15 is 0 Å². The summed E-state index contributed by atoms with van der Waals surface area (Å²) in [6.07, 6.45) is 2.50. The molecular weight excluding hydrogens is 214 g/mol. The summed E-state index contributed by atoms with van der Waals surface area (Å²) >= 11 is 0. The topological polar surface area (TPSA) is 77.2 Å². The second kappa shape index (κ2) is 4.51. The van der Waals surface area contributed by atoms with Crippen LogP contribution in [0.25, 0.3) is 11.3 Å². The number of rotatable bonds is 3. The molecule has 0 spiro atoms. The number of nitrogens with two attached hydrogens (primary N) is 2. The molecule has 2 aromatic rings. The number of hydrogen-bond acceptors (Lipinski definition) is 3. The van der Waals surface area contributed by atoms with Crippen LogP contribution in [0.5, 0.6) is 0 Å². The van der Waals surface area contributed by atoms with Gasteiger partial charge in [-0.2, -0.15) is 0 Å². The lowest BCUT2D eigenvalue weighted by atomic mass is 9.99. The lowest BCUT2D eigenvalue weighted by Gasteiger charge is -2.13. The highest BCUT2D eigenvalue weighted by molar-refractivity contribution is 5.76. The molecule has 1 heterocycles. The van der Waals surface area contributed by atoms with E-state index in [1.165, 1.54) is 0 Å². The van der Waals surface area contributed by atoms with Crippen LogP contribution < -0.4 is 11.5 Å². The van der Waals surface area contributed by atoms with Crippen LogP contribution in [0.4, 0.5) is 11.4 Å². The van der Waals surface area contributed by atoms with Crippen molar-refractivity contribution in [2.75, 3.05) is 18.1 Å². The number of aromatic nitrogens is 1. The lowest BCUT2D eigenvalue weighted by Crippen LogP contribution is -2.04. The van der Waals surface area contributed by atoms with Crippen molar-refractivity contribution in [1.82, 2.24) is 4.57 Å². The zero-order valence-corrected chi connectivity index (χ0v) is 9.85. The smallest absolute Gasteiger partial charge is 0.0481 e. The highest BCUT2D eigenvalue weighted by Gasteiger charge is 2.11. The van der Waals surface area contributed by atoms with Crippen molar-refractivity contribution in [2.24, 2.45) is 7.05 Å². The first-order valence-corrected chi connectivity index (χ1v) is 5.54. The predicted molar refractivity (Wildman–Crippen MR) is 70.5 cm³/mol. The van der Waals surface area contributed by atoms with Gasteiger partial charge in [0.15, 0.2) is 0 Å². The molecule has 0 aliphatic heterocycles. The molecule has 4 heteroatoms. The van der Waals surface area contributed by atoms with Crippen molar-refractivity contribution < 1.29 is 5.11 Å². The number of aliphatic hydroxyl groups is 1. The predicted octanol–water partition coefficient (Wildman–Crippen LogP) is 1.39. The molecule has 0 aliphatic carbocycles. The maximum Gasteiger partial charge on any atom is 0.0481 e. The lowest BCUT2D eigenvalue weighted by molar-refractivity contribution is 0.300. The minimum atomic E-state index is 0.0749. The van der Waals surface area contributed by atoms with Gasteiger partial charge < -0.3 is 21.1 Å². The molecule has 0 unspecified atom stereocenters. The molecule has 0 fully saturated rings. The van der Waals surface area contributed by atoms with E-state index in [1.54, 1.807) is 6.07 Å². The summed E-state index contributed by atoms with van der Waals surface area (Å²) in [6, 6.07) is 7.61. The van der Waals surface area contributed by atoms with Crippen LogP contribution in [0.2, 0.25) is 0 Å². The molecule has 0 saturated heterocycles. The van der Waals surface area contributed by atoms with Crippen LogP contribution in [0, 0.1) is 0 Å². The largest absolute Gasteiger partial charge is 0.399 e. The van der Waals surface area contributed by atoms with Crippen LogP contribution in [-0.2, 0) is 13.5 Å². The minimum absolute atomic E-state index is 0.0749. The van der Waals surface area contributed by atoms with Crippen LogP contribution >= 0.6 is 0 Å². The maximum atomic E-state index is 9.11. The third kappa shape index (κ3) is 2.12. The monoisotopic (exact) mass is 231 g/mol. The van der Waals surface area contributed by atoms with Gasteiger partial charge in [0.2, 0.25) is 0 Å². The van der Waals surface area contributed by atoms with E-state index in [0.717, 1.165) is 16.8 Å². The number of nitrogens with zero attached hydrogens (tertiary/aromatic N) is 1. The molecule has 0 amide bonds. The number of nitrogen functional groups attached to an aromatic ring is 2. The molecule has 0 aliphatic rings. The van der Waals surface area contributed by atoms with Gasteiger partial charge in [-0.3, -0.25) is 0 Å². The van der Waals surface area contributed by atoms with E-state index in [1.807, 2.05) is 36.0 Å². The normalized spacial score (nSPS) is 10.7. The minimum Gasteiger partial charge on any atom is -0.399 e. The van der Waals surface area contributed by atoms with Crippen molar-refractivity contribution in [1.29, 1.82) is 0 Å². The zero-order valence-electron chi connectivity index (χ0n) is 9.85. The Morgan fingerprint density at radius 2 is 2.06 bits per heavy atom. The van der Waals surface area contributed by atoms with Crippen LogP contribution in [-0.4, -0.2) is 16.3 Å². The number of anilines is 2. The fraction of sp³-hybridized carbons (Fsp3) is 0.231. The third-order valence-electron chi connectivity index (χ3n) is 2.89. The fourth-order valence-corrected chi connectivity index (χ4v) is 2.08. The van der Waals surface area contributed by atoms with E-state index in [2.05, 4.69) is 0 Å². The van der Waals surface area contributed by atoms with Gasteiger partial charge in [-0.1, -0.05) is 0 Å². The number of aryl methyl sites for hydroxylation is 1. The van der Waals surface area contributed by atoms with Crippen LogP contribution in [0.1, 0.15) is 5.56 Å². The van der Waals surface area contributed by atoms with Gasteiger partial charge in [-0.25, -0.2) is 0 Å². The number of aliphatic hydroxyl groups excluding tert-OH is 1. The standard InChI is InChI=1S/C13H17N3O/c1-16-5-2-3-13(16)11-7-9(14)8-12(15)10(11)4-6-17/h2-3,5,7-8,17H,4,6,14-15H2,1H3. The van der Waals surface area contributed by atoms with Crippen molar-refractivity contribution in [3.05, 3.63) is 36.0 Å². The molecule has 17 heavy (non-hydrogen) atoms. The number of benzene rings is 1. The van der Waals surface area contributed by atoms with E-state index in [4.69, 9.17) is 16.6 Å². The molecular formula is C13H17N3O. The molecule has 5 N–H and O–H groups in total. The van der Waals surface area contributed by atoms with Crippen molar-refractivity contribution in [2.45, 2.75) is 6.42 Å². The fourth-order valence-electron chi connectivity index (χ4n) is 2.08. The van der Waals surface area contributed by atoms with Crippen molar-refractivity contribution >= 4 is 11.4 Å². The van der Waals surface area contributed by atoms with E-state index < -0.39 is 0 Å². The Hall–Kier alpha value is -1.94. The van der Waals surface area contributed by atoms with Crippen molar-refractivity contribution in [3.8, 4) is 11.3 Å². The summed E-state index contributed by atoms with van der Waals surface area (Å²) in [5, 5.41) is 9.11. The quantitative estimate of drug-likeness (QED) is 0.699. The molecule has 0 saturated carbocycles. The molecule has 0 radical (unpaired) electrons. The Bertz CT molecular complexity index is 531. The van der Waals surface area contributed by atoms with E-state index in [0.29, 0.717) is 17.8 Å². The van der Waals surface area contributed by atoms with E-state index in [9.17, 15) is 0 Å². The molecule has 90 valence electrons. The van der Waals surface area contributed by atoms with Crippen molar-refractivity contribution in [3.63, 3.8) is 0 Å². The Morgan fingerprint density at radius 1 is 1.29 bits per heavy atom. The molecule has 1 aromatic carbocycles. The summed E-state index contributed by atoms with van der Waals surface area (Å²) < 4.78 is 2.01. The Labute approximate surface area is 100 Å². The summed E-state index contributed by atoms with van der Waals surface area (Å²) in [7, 11) is 1.97. The Balaban J connectivity index is 2.63. The summed E-state index contributed by atoms with van der Waals surface area (Å²) in [6.45, 7) is 0.0749. The summed E-state index contributed by atoms with van der Waals surface area (Å²) in [5.74, 6) is 0. The highest BCUT2D eigenvalue weighted by atomic mass is 16.2. The molecule has 1 aromatic heterocycles. The average Bonchev–Trinajstić information content (AvgIpc) is 2.68. The first kappa shape index (κ1) is 11.5. The second-order valence-corrected chi connectivity index (χ2v) is 4.11. The third-order valence-corrected chi connectivity index (χ3v) is 2.89. The first-order chi connectivity index (χ1) is 8.13. The molecule has 0 atom stereocenters. The number of hydrogen-bond donors (Lipinski definition) is 3. The van der Waals surface area contributed by atoms with Crippen LogP contribution in [0.15, 0.2) is 30.5 Å². The first-order valence-electron chi connectivity index (χ1n) is 5.54. The van der Waals surface area contributed by atoms with Gasteiger partial charge in [0.05, 0.1) is 0 Å². The summed E-state index contributed by atoms with van der Waals surface area (Å²) in [5.41, 5.74) is 16.1. The highest BCUT2D eigenvalue weighted by Crippen LogP contribution is 2.31. The summed E-state index contributed by atoms with van der Waals surface area (Å²) in [4.78, 5) is 0. The van der Waals surface area contributed by atoms with Gasteiger partial charge in [-0.05, 0) is 36.2 Å². The Morgan fingerprint density at radius 3 is 2.65 bits per heavy atom. The van der Waals surface area contributed by atoms with Gasteiger partial charge >= 0.3 is 0 Å². The zero-order chi connectivity index (χ0) is 12.4. The second-order valence-electron chi connectivity index (χ2n) is 4.11. The van der Waals surface area contributed by atoms with Gasteiger partial charge in [-0.15, -0.1) is 0 Å². The SMILES string of the molecule is Cn1cccc1-c1cc(N)cc(N)c1CCO. The van der Waals surface area contributed by atoms with Gasteiger partial charge in [0.25, 0.3) is 0 Å². The average molecular weight is 231 g/mol. The molecule has 0 bridgehead atoms. The van der Waals surface area contributed by atoms with E-state index in [-0.39, 0.29) is 6.61 Å². The maximum absolute atomic E-state index is 9.11. The van der Waals surface area contributed by atoms with Gasteiger partial charge in [0, 0.05) is 42.5 Å². The van der Waals surface area contributed by atoms with Gasteiger partial charge in [0.1, 0.15) is 0 Å². The molecule has 4 nitrogen and oxygen atoms in total. The Kier molecular flexibility index (Phi) is 3.06. The van der Waals surface area contributed by atoms with Crippen LogP contribution in [0.3, 0.4) is 0 Å². The molecule has 2 rings (SSSR count).